The van der Waals surface area contributed by atoms with Crippen LogP contribution in [-0.4, -0.2) is 60.6 Å². The van der Waals surface area contributed by atoms with Gasteiger partial charge in [-0.2, -0.15) is 4.98 Å². The Kier molecular flexibility index (Phi) is 8.75. The lowest BCUT2D eigenvalue weighted by Gasteiger charge is -2.22. The third-order valence-electron chi connectivity index (χ3n) is 2.60. The van der Waals surface area contributed by atoms with Crippen LogP contribution in [0.2, 0.25) is 0 Å². The molecule has 1 aromatic heterocycles. The molecule has 0 N–H and O–H groups in total. The molecule has 0 aromatic carbocycles. The van der Waals surface area contributed by atoms with Crippen LogP contribution in [0, 0.1) is 0 Å². The minimum atomic E-state index is 0. The minimum Gasteiger partial charge on any atom is -0.349 e. The number of aromatic nitrogens is 2. The summed E-state index contributed by atoms with van der Waals surface area (Å²) in [5, 5.41) is 3.95. The van der Waals surface area contributed by atoms with Crippen LogP contribution in [0.25, 0.3) is 0 Å². The van der Waals surface area contributed by atoms with Crippen LogP contribution in [0.3, 0.4) is 0 Å². The molecule has 0 bridgehead atoms. The quantitative estimate of drug-likeness (QED) is 0.331. The standard InChI is InChI=1S/C13H25N5O.HI/c1-10(2)12-15-11(19-16-12)8-7-9-14-13(17(3)4)18(5)6;/h10H,7-9H2,1-6H3;1H. The van der Waals surface area contributed by atoms with Crippen molar-refractivity contribution in [3.8, 4) is 0 Å². The molecule has 0 fully saturated rings. The van der Waals surface area contributed by atoms with Crippen LogP contribution in [0.1, 0.15) is 37.9 Å². The second-order valence-corrected chi connectivity index (χ2v) is 5.28. The Morgan fingerprint density at radius 1 is 1.20 bits per heavy atom. The first-order valence-electron chi connectivity index (χ1n) is 6.63. The van der Waals surface area contributed by atoms with Gasteiger partial charge in [0.1, 0.15) is 0 Å². The third kappa shape index (κ3) is 6.06. The maximum atomic E-state index is 5.20. The number of hydrogen-bond donors (Lipinski definition) is 0. The minimum absolute atomic E-state index is 0. The zero-order valence-electron chi connectivity index (χ0n) is 13.3. The van der Waals surface area contributed by atoms with Gasteiger partial charge in [0.15, 0.2) is 11.8 Å². The topological polar surface area (TPSA) is 57.8 Å². The number of nitrogens with zero attached hydrogens (tertiary/aromatic N) is 5. The molecule has 20 heavy (non-hydrogen) atoms. The molecule has 6 nitrogen and oxygen atoms in total. The Morgan fingerprint density at radius 3 is 2.25 bits per heavy atom. The second-order valence-electron chi connectivity index (χ2n) is 5.28. The first-order chi connectivity index (χ1) is 8.91. The number of hydrogen-bond acceptors (Lipinski definition) is 4. The van der Waals surface area contributed by atoms with Crippen molar-refractivity contribution in [1.82, 2.24) is 19.9 Å². The average Bonchev–Trinajstić information content (AvgIpc) is 2.76. The molecule has 0 aliphatic carbocycles. The molecular weight excluding hydrogens is 369 g/mol. The van der Waals surface area contributed by atoms with Crippen LogP contribution in [0.5, 0.6) is 0 Å². The van der Waals surface area contributed by atoms with Crippen molar-refractivity contribution in [3.05, 3.63) is 11.7 Å². The van der Waals surface area contributed by atoms with E-state index in [1.807, 2.05) is 38.0 Å². The highest BCUT2D eigenvalue weighted by Crippen LogP contribution is 2.10. The fourth-order valence-corrected chi connectivity index (χ4v) is 1.70. The number of aliphatic imine (C=N–C) groups is 1. The number of rotatable bonds is 5. The van der Waals surface area contributed by atoms with Crippen LogP contribution in [0.4, 0.5) is 0 Å². The van der Waals surface area contributed by atoms with Crippen molar-refractivity contribution in [1.29, 1.82) is 0 Å². The Bertz CT molecular complexity index is 405. The molecule has 0 saturated carbocycles. The zero-order valence-corrected chi connectivity index (χ0v) is 15.6. The van der Waals surface area contributed by atoms with E-state index in [4.69, 9.17) is 4.52 Å². The Hall–Kier alpha value is -0.860. The van der Waals surface area contributed by atoms with E-state index in [1.54, 1.807) is 0 Å². The molecule has 0 atom stereocenters. The van der Waals surface area contributed by atoms with E-state index in [-0.39, 0.29) is 24.0 Å². The van der Waals surface area contributed by atoms with Gasteiger partial charge in [0.05, 0.1) is 0 Å². The van der Waals surface area contributed by atoms with E-state index >= 15 is 0 Å². The van der Waals surface area contributed by atoms with Crippen LogP contribution in [-0.2, 0) is 6.42 Å². The monoisotopic (exact) mass is 395 g/mol. The Morgan fingerprint density at radius 2 is 1.80 bits per heavy atom. The van der Waals surface area contributed by atoms with Gasteiger partial charge in [-0.15, -0.1) is 24.0 Å². The van der Waals surface area contributed by atoms with Crippen LogP contribution >= 0.6 is 24.0 Å². The number of aryl methyl sites for hydroxylation is 1. The van der Waals surface area contributed by atoms with Crippen molar-refractivity contribution >= 4 is 29.9 Å². The summed E-state index contributed by atoms with van der Waals surface area (Å²) in [4.78, 5) is 12.9. The fraction of sp³-hybridized carbons (Fsp3) is 0.769. The SMILES string of the molecule is CC(C)c1noc(CCCN=C(N(C)C)N(C)C)n1.I. The molecule has 0 aliphatic rings. The highest BCUT2D eigenvalue weighted by Gasteiger charge is 2.09. The summed E-state index contributed by atoms with van der Waals surface area (Å²) in [5.74, 6) is 2.76. The van der Waals surface area contributed by atoms with Gasteiger partial charge in [0, 0.05) is 47.1 Å². The molecule has 0 saturated heterocycles. The van der Waals surface area contributed by atoms with Gasteiger partial charge in [-0.1, -0.05) is 19.0 Å². The van der Waals surface area contributed by atoms with Gasteiger partial charge in [0.2, 0.25) is 5.89 Å². The van der Waals surface area contributed by atoms with E-state index in [0.29, 0.717) is 11.8 Å². The van der Waals surface area contributed by atoms with E-state index in [1.165, 1.54) is 0 Å². The third-order valence-corrected chi connectivity index (χ3v) is 2.60. The molecule has 1 heterocycles. The smallest absolute Gasteiger partial charge is 0.226 e. The molecule has 0 amide bonds. The van der Waals surface area contributed by atoms with Gasteiger partial charge in [0.25, 0.3) is 0 Å². The van der Waals surface area contributed by atoms with Crippen LogP contribution < -0.4 is 0 Å². The van der Waals surface area contributed by atoms with Gasteiger partial charge in [-0.25, -0.2) is 0 Å². The van der Waals surface area contributed by atoms with Gasteiger partial charge in [-0.05, 0) is 6.42 Å². The maximum Gasteiger partial charge on any atom is 0.226 e. The molecule has 116 valence electrons. The predicted octanol–water partition coefficient (Wildman–Crippen LogP) is 2.22. The Balaban J connectivity index is 0.00000361. The predicted molar refractivity (Wildman–Crippen MR) is 91.8 cm³/mol. The van der Waals surface area contributed by atoms with Gasteiger partial charge < -0.3 is 14.3 Å². The zero-order chi connectivity index (χ0) is 14.4. The molecule has 0 aliphatic heterocycles. The summed E-state index contributed by atoms with van der Waals surface area (Å²) < 4.78 is 5.20. The van der Waals surface area contributed by atoms with Crippen molar-refractivity contribution in [2.75, 3.05) is 34.7 Å². The average molecular weight is 395 g/mol. The number of guanidine groups is 1. The molecule has 7 heteroatoms. The van der Waals surface area contributed by atoms with Crippen LogP contribution in [0.15, 0.2) is 9.52 Å². The highest BCUT2D eigenvalue weighted by molar-refractivity contribution is 14.0. The maximum absolute atomic E-state index is 5.20. The summed E-state index contributed by atoms with van der Waals surface area (Å²) >= 11 is 0. The molecule has 1 rings (SSSR count). The lowest BCUT2D eigenvalue weighted by molar-refractivity contribution is 0.369. The van der Waals surface area contributed by atoms with E-state index in [2.05, 4.69) is 29.0 Å². The summed E-state index contributed by atoms with van der Waals surface area (Å²) in [7, 11) is 7.97. The second kappa shape index (κ2) is 9.15. The Labute approximate surface area is 138 Å². The normalized spacial score (nSPS) is 10.2. The lowest BCUT2D eigenvalue weighted by atomic mass is 10.2. The first-order valence-corrected chi connectivity index (χ1v) is 6.63. The first kappa shape index (κ1) is 19.1. The lowest BCUT2D eigenvalue weighted by Crippen LogP contribution is -2.35. The highest BCUT2D eigenvalue weighted by atomic mass is 127. The summed E-state index contributed by atoms with van der Waals surface area (Å²) in [6.45, 7) is 4.86. The van der Waals surface area contributed by atoms with Crippen molar-refractivity contribution in [2.45, 2.75) is 32.6 Å². The van der Waals surface area contributed by atoms with Crippen molar-refractivity contribution in [3.63, 3.8) is 0 Å². The number of halogens is 1. The van der Waals surface area contributed by atoms with Gasteiger partial charge in [-0.3, -0.25) is 4.99 Å². The molecule has 0 spiro atoms. The van der Waals surface area contributed by atoms with Crippen molar-refractivity contribution in [2.24, 2.45) is 4.99 Å². The van der Waals surface area contributed by atoms with E-state index in [0.717, 1.165) is 31.2 Å². The summed E-state index contributed by atoms with van der Waals surface area (Å²) in [6, 6.07) is 0. The summed E-state index contributed by atoms with van der Waals surface area (Å²) in [6.07, 6.45) is 1.68. The fourth-order valence-electron chi connectivity index (χ4n) is 1.70. The largest absolute Gasteiger partial charge is 0.349 e. The molecule has 0 radical (unpaired) electrons. The molecular formula is C13H26IN5O. The molecule has 1 aromatic rings. The van der Waals surface area contributed by atoms with Crippen molar-refractivity contribution < 1.29 is 4.52 Å². The van der Waals surface area contributed by atoms with Gasteiger partial charge >= 0.3 is 0 Å². The van der Waals surface area contributed by atoms with E-state index in [9.17, 15) is 0 Å². The van der Waals surface area contributed by atoms with E-state index < -0.39 is 0 Å². The molecule has 0 unspecified atom stereocenters. The summed E-state index contributed by atoms with van der Waals surface area (Å²) in [5.41, 5.74) is 0.